The van der Waals surface area contributed by atoms with Crippen LogP contribution in [0.2, 0.25) is 0 Å². The van der Waals surface area contributed by atoms with Gasteiger partial charge in [-0.3, -0.25) is 37.3 Å². The van der Waals surface area contributed by atoms with Crippen LogP contribution in [0, 0.1) is 11.8 Å². The number of phosphoric ester groups is 2. The minimum absolute atomic E-state index is 0.107. The van der Waals surface area contributed by atoms with Crippen molar-refractivity contribution >= 4 is 39.5 Å². The van der Waals surface area contributed by atoms with Gasteiger partial charge in [0.25, 0.3) is 0 Å². The van der Waals surface area contributed by atoms with Crippen LogP contribution in [0.15, 0.2) is 0 Å². The van der Waals surface area contributed by atoms with Gasteiger partial charge in [-0.15, -0.1) is 0 Å². The van der Waals surface area contributed by atoms with E-state index in [-0.39, 0.29) is 25.7 Å². The highest BCUT2D eigenvalue weighted by atomic mass is 31.2. The van der Waals surface area contributed by atoms with E-state index in [9.17, 15) is 43.2 Å². The molecule has 3 N–H and O–H groups in total. The third kappa shape index (κ3) is 69.8. The van der Waals surface area contributed by atoms with Crippen LogP contribution in [-0.4, -0.2) is 96.7 Å². The average molecular weight is 1440 g/mol. The number of ether oxygens (including phenoxy) is 4. The number of carbonyl (C=O) groups excluding carboxylic acids is 4. The summed E-state index contributed by atoms with van der Waals surface area (Å²) in [7, 11) is -9.92. The monoisotopic (exact) mass is 1440 g/mol. The van der Waals surface area contributed by atoms with Gasteiger partial charge in [-0.2, -0.15) is 0 Å². The first kappa shape index (κ1) is 96.1. The molecule has 0 saturated carbocycles. The predicted octanol–water partition coefficient (Wildman–Crippen LogP) is 23.5. The lowest BCUT2D eigenvalue weighted by Crippen LogP contribution is -2.30. The van der Waals surface area contributed by atoms with E-state index in [1.807, 2.05) is 0 Å². The molecule has 0 spiro atoms. The van der Waals surface area contributed by atoms with Gasteiger partial charge in [0.15, 0.2) is 12.2 Å². The van der Waals surface area contributed by atoms with Gasteiger partial charge in [0, 0.05) is 25.7 Å². The second-order valence-corrected chi connectivity index (χ2v) is 31.8. The summed E-state index contributed by atoms with van der Waals surface area (Å²) in [5, 5.41) is 10.6. The SMILES string of the molecule is CCCCCCCCCCCCCCCCCCCCCCC(=O)O[C@H](COC(=O)CCCCCCCCCCCCC(C)CC)COP(=O)(O)OC[C@@H](O)COP(=O)(O)OC[C@@H](COC(=O)CCCCCCCCC(C)CC)OC(=O)CCCCCCCCCCCCCCCC. The Morgan fingerprint density at radius 2 is 0.490 bits per heavy atom. The zero-order chi connectivity index (χ0) is 72.1. The van der Waals surface area contributed by atoms with Crippen LogP contribution in [0.4, 0.5) is 0 Å². The molecule has 0 heterocycles. The highest BCUT2D eigenvalue weighted by Crippen LogP contribution is 2.45. The molecule has 0 radical (unpaired) electrons. The Kier molecular flexibility index (Phi) is 69.3. The summed E-state index contributed by atoms with van der Waals surface area (Å²) >= 11 is 0. The van der Waals surface area contributed by atoms with Crippen molar-refractivity contribution < 1.29 is 80.2 Å². The summed E-state index contributed by atoms with van der Waals surface area (Å²) in [5.74, 6) is -0.572. The summed E-state index contributed by atoms with van der Waals surface area (Å²) in [4.78, 5) is 72.9. The Balaban J connectivity index is 5.23. The molecule has 0 rings (SSSR count). The topological polar surface area (TPSA) is 237 Å². The first-order valence-corrected chi connectivity index (χ1v) is 44.1. The molecule has 4 unspecified atom stereocenters. The molecule has 0 aliphatic heterocycles. The van der Waals surface area contributed by atoms with Gasteiger partial charge >= 0.3 is 39.5 Å². The molecule has 0 aromatic rings. The number of hydrogen-bond acceptors (Lipinski definition) is 15. The molecule has 7 atom stereocenters. The van der Waals surface area contributed by atoms with Gasteiger partial charge in [0.1, 0.15) is 19.3 Å². The van der Waals surface area contributed by atoms with Crippen LogP contribution in [0.5, 0.6) is 0 Å². The fourth-order valence-electron chi connectivity index (χ4n) is 12.1. The largest absolute Gasteiger partial charge is 0.472 e. The minimum Gasteiger partial charge on any atom is -0.462 e. The van der Waals surface area contributed by atoms with Crippen molar-refractivity contribution in [2.45, 2.75) is 432 Å². The Labute approximate surface area is 600 Å². The molecule has 19 heteroatoms. The van der Waals surface area contributed by atoms with Gasteiger partial charge in [-0.25, -0.2) is 9.13 Å². The average Bonchev–Trinajstić information content (AvgIpc) is 1.00. The second kappa shape index (κ2) is 70.7. The number of esters is 4. The van der Waals surface area contributed by atoms with Gasteiger partial charge < -0.3 is 33.8 Å². The van der Waals surface area contributed by atoms with Gasteiger partial charge in [0.2, 0.25) is 0 Å². The number of aliphatic hydroxyl groups excluding tert-OH is 1. The van der Waals surface area contributed by atoms with E-state index in [2.05, 4.69) is 41.5 Å². The van der Waals surface area contributed by atoms with E-state index in [0.29, 0.717) is 25.7 Å². The fraction of sp³-hybridized carbons (Fsp3) is 0.949. The highest BCUT2D eigenvalue weighted by molar-refractivity contribution is 7.47. The number of unbranched alkanes of at least 4 members (excludes halogenated alkanes) is 46. The fourth-order valence-corrected chi connectivity index (χ4v) is 13.7. The van der Waals surface area contributed by atoms with Crippen LogP contribution >= 0.6 is 15.6 Å². The maximum Gasteiger partial charge on any atom is 0.472 e. The predicted molar refractivity (Wildman–Crippen MR) is 400 cm³/mol. The maximum atomic E-state index is 13.1. The number of rotatable bonds is 78. The number of hydrogen-bond donors (Lipinski definition) is 3. The van der Waals surface area contributed by atoms with Crippen LogP contribution in [-0.2, 0) is 65.4 Å². The normalized spacial score (nSPS) is 14.5. The van der Waals surface area contributed by atoms with Crippen molar-refractivity contribution in [1.29, 1.82) is 0 Å². The Hall–Kier alpha value is -1.94. The van der Waals surface area contributed by atoms with E-state index in [1.54, 1.807) is 0 Å². The third-order valence-corrected chi connectivity index (χ3v) is 21.1. The summed E-state index contributed by atoms with van der Waals surface area (Å²) in [6.07, 6.45) is 59.6. The van der Waals surface area contributed by atoms with Crippen LogP contribution in [0.25, 0.3) is 0 Å². The number of carbonyl (C=O) groups is 4. The highest BCUT2D eigenvalue weighted by Gasteiger charge is 2.30. The van der Waals surface area contributed by atoms with Crippen molar-refractivity contribution in [1.82, 2.24) is 0 Å². The van der Waals surface area contributed by atoms with Crippen LogP contribution < -0.4 is 0 Å². The lowest BCUT2D eigenvalue weighted by molar-refractivity contribution is -0.161. The lowest BCUT2D eigenvalue weighted by Gasteiger charge is -2.21. The van der Waals surface area contributed by atoms with Crippen molar-refractivity contribution in [2.24, 2.45) is 11.8 Å². The third-order valence-electron chi connectivity index (χ3n) is 19.2. The van der Waals surface area contributed by atoms with Crippen molar-refractivity contribution in [2.75, 3.05) is 39.6 Å². The van der Waals surface area contributed by atoms with E-state index < -0.39 is 97.5 Å². The van der Waals surface area contributed by atoms with E-state index in [1.165, 1.54) is 225 Å². The summed E-state index contributed by atoms with van der Waals surface area (Å²) in [6, 6.07) is 0. The molecule has 0 aromatic carbocycles. The Morgan fingerprint density at radius 3 is 0.724 bits per heavy atom. The molecule has 98 heavy (non-hydrogen) atoms. The molecule has 0 aliphatic rings. The zero-order valence-electron chi connectivity index (χ0n) is 64.1. The summed E-state index contributed by atoms with van der Waals surface area (Å²) in [6.45, 7) is 9.61. The second-order valence-electron chi connectivity index (χ2n) is 28.9. The Bertz CT molecular complexity index is 1890. The molecule has 0 bridgehead atoms. The summed E-state index contributed by atoms with van der Waals surface area (Å²) in [5.41, 5.74) is 0. The van der Waals surface area contributed by atoms with Gasteiger partial charge in [-0.1, -0.05) is 363 Å². The minimum atomic E-state index is -4.96. The molecule has 0 aliphatic carbocycles. The van der Waals surface area contributed by atoms with Gasteiger partial charge in [-0.05, 0) is 37.5 Å². The Morgan fingerprint density at radius 1 is 0.286 bits per heavy atom. The molecule has 0 saturated heterocycles. The quantitative estimate of drug-likeness (QED) is 0.0222. The van der Waals surface area contributed by atoms with E-state index in [4.69, 9.17) is 37.0 Å². The molecule has 0 amide bonds. The van der Waals surface area contributed by atoms with Crippen molar-refractivity contribution in [3.63, 3.8) is 0 Å². The van der Waals surface area contributed by atoms with Crippen molar-refractivity contribution in [3.8, 4) is 0 Å². The smallest absolute Gasteiger partial charge is 0.462 e. The zero-order valence-corrected chi connectivity index (χ0v) is 65.9. The molecule has 0 aromatic heterocycles. The molecular formula is C79H154O17P2. The lowest BCUT2D eigenvalue weighted by atomic mass is 9.99. The first-order valence-electron chi connectivity index (χ1n) is 41.1. The summed E-state index contributed by atoms with van der Waals surface area (Å²) < 4.78 is 68.6. The molecule has 0 fully saturated rings. The first-order chi connectivity index (χ1) is 47.4. The van der Waals surface area contributed by atoms with Crippen molar-refractivity contribution in [3.05, 3.63) is 0 Å². The van der Waals surface area contributed by atoms with Crippen LogP contribution in [0.1, 0.15) is 414 Å². The van der Waals surface area contributed by atoms with E-state index in [0.717, 1.165) is 108 Å². The van der Waals surface area contributed by atoms with E-state index >= 15 is 0 Å². The maximum absolute atomic E-state index is 13.1. The molecule has 582 valence electrons. The van der Waals surface area contributed by atoms with Gasteiger partial charge in [0.05, 0.1) is 26.4 Å². The van der Waals surface area contributed by atoms with Crippen LogP contribution in [0.3, 0.4) is 0 Å². The number of aliphatic hydroxyl groups is 1. The molecular weight excluding hydrogens is 1280 g/mol. The number of phosphoric acid groups is 2. The standard InChI is InChI=1S/C79H154O17P2/c1-7-11-13-15-17-19-21-23-25-26-27-28-29-30-32-34-40-44-52-58-64-78(83)95-74(67-89-76(81)61-55-49-42-38-36-35-37-41-47-53-59-71(5)9-3)69-93-97(85,86)91-65-73(80)66-92-98(87,88)94-70-75(68-90-77(82)62-56-50-46-45-48-54-60-72(6)10-4)96-79(84)63-57-51-43-39-33-31-24-22-20-18-16-14-12-8-2/h71-75,80H,7-70H2,1-6H3,(H,85,86)(H,87,88)/t71?,72?,73-,74-,75-/m1/s1. The molecule has 17 nitrogen and oxygen atoms in total.